The first-order chi connectivity index (χ1) is 11.9. The van der Waals surface area contributed by atoms with E-state index in [0.29, 0.717) is 17.5 Å². The smallest absolute Gasteiger partial charge is 0.416 e. The summed E-state index contributed by atoms with van der Waals surface area (Å²) in [6.07, 6.45) is -4.35. The van der Waals surface area contributed by atoms with Crippen LogP contribution >= 0.6 is 27.7 Å². The molecule has 2 aromatic carbocycles. The van der Waals surface area contributed by atoms with Crippen LogP contribution in [0.3, 0.4) is 0 Å². The van der Waals surface area contributed by atoms with Gasteiger partial charge in [0.15, 0.2) is 0 Å². The molecule has 0 unspecified atom stereocenters. The predicted octanol–water partition coefficient (Wildman–Crippen LogP) is 5.95. The van der Waals surface area contributed by atoms with E-state index in [-0.39, 0.29) is 11.3 Å². The number of hydrogen-bond donors (Lipinski definition) is 0. The van der Waals surface area contributed by atoms with E-state index in [9.17, 15) is 13.2 Å². The summed E-state index contributed by atoms with van der Waals surface area (Å²) >= 11 is 4.71. The van der Waals surface area contributed by atoms with E-state index < -0.39 is 11.7 Å². The Balaban J connectivity index is 1.66. The Hall–Kier alpha value is -1.80. The number of rotatable bonds is 5. The van der Waals surface area contributed by atoms with Crippen molar-refractivity contribution in [2.45, 2.75) is 17.7 Å². The molecule has 3 nitrogen and oxygen atoms in total. The third kappa shape index (κ3) is 4.43. The van der Waals surface area contributed by atoms with E-state index in [0.717, 1.165) is 16.1 Å². The van der Waals surface area contributed by atoms with Gasteiger partial charge >= 0.3 is 6.18 Å². The number of benzene rings is 2. The van der Waals surface area contributed by atoms with Crippen LogP contribution in [-0.4, -0.2) is 10.2 Å². The van der Waals surface area contributed by atoms with E-state index in [1.54, 1.807) is 6.07 Å². The van der Waals surface area contributed by atoms with Crippen molar-refractivity contribution in [3.8, 4) is 11.5 Å². The SMILES string of the molecule is FC(F)(F)c1ccccc1CSCc1nnc(-c2ccccc2Br)o1. The highest BCUT2D eigenvalue weighted by atomic mass is 79.9. The summed E-state index contributed by atoms with van der Waals surface area (Å²) in [7, 11) is 0. The van der Waals surface area contributed by atoms with Gasteiger partial charge in [0.05, 0.1) is 16.9 Å². The fraction of sp³-hybridized carbons (Fsp3) is 0.176. The molecule has 130 valence electrons. The second-order valence-corrected chi connectivity index (χ2v) is 6.97. The third-order valence-corrected chi connectivity index (χ3v) is 5.03. The monoisotopic (exact) mass is 428 g/mol. The molecule has 0 spiro atoms. The van der Waals surface area contributed by atoms with Crippen molar-refractivity contribution in [2.75, 3.05) is 0 Å². The van der Waals surface area contributed by atoms with Crippen LogP contribution in [0.4, 0.5) is 13.2 Å². The van der Waals surface area contributed by atoms with Gasteiger partial charge in [-0.2, -0.15) is 13.2 Å². The quantitative estimate of drug-likeness (QED) is 0.503. The van der Waals surface area contributed by atoms with E-state index in [4.69, 9.17) is 4.42 Å². The summed E-state index contributed by atoms with van der Waals surface area (Å²) in [6.45, 7) is 0. The van der Waals surface area contributed by atoms with Crippen LogP contribution < -0.4 is 0 Å². The lowest BCUT2D eigenvalue weighted by molar-refractivity contribution is -0.138. The molecule has 3 aromatic rings. The molecule has 0 N–H and O–H groups in total. The zero-order chi connectivity index (χ0) is 17.9. The maximum absolute atomic E-state index is 13.0. The van der Waals surface area contributed by atoms with Gasteiger partial charge in [0, 0.05) is 10.2 Å². The molecule has 8 heteroatoms. The summed E-state index contributed by atoms with van der Waals surface area (Å²) in [5.74, 6) is 1.30. The Morgan fingerprint density at radius 3 is 2.44 bits per heavy atom. The average molecular weight is 429 g/mol. The highest BCUT2D eigenvalue weighted by molar-refractivity contribution is 9.10. The molecule has 0 aliphatic carbocycles. The van der Waals surface area contributed by atoms with Crippen LogP contribution in [0.1, 0.15) is 17.0 Å². The Bertz CT molecular complexity index is 867. The fourth-order valence-corrected chi connectivity index (χ4v) is 3.55. The van der Waals surface area contributed by atoms with Gasteiger partial charge in [-0.15, -0.1) is 22.0 Å². The number of hydrogen-bond acceptors (Lipinski definition) is 4. The second-order valence-electron chi connectivity index (χ2n) is 5.13. The van der Waals surface area contributed by atoms with Crippen molar-refractivity contribution in [3.05, 3.63) is 70.0 Å². The molecular formula is C17H12BrF3N2OS. The molecule has 1 aromatic heterocycles. The molecule has 3 rings (SSSR count). The van der Waals surface area contributed by atoms with E-state index in [1.165, 1.54) is 23.9 Å². The third-order valence-electron chi connectivity index (χ3n) is 3.38. The fourth-order valence-electron chi connectivity index (χ4n) is 2.23. The second kappa shape index (κ2) is 7.61. The minimum absolute atomic E-state index is 0.211. The Morgan fingerprint density at radius 1 is 0.960 bits per heavy atom. The topological polar surface area (TPSA) is 38.9 Å². The van der Waals surface area contributed by atoms with Crippen molar-refractivity contribution in [3.63, 3.8) is 0 Å². The van der Waals surface area contributed by atoms with Crippen LogP contribution in [0, 0.1) is 0 Å². The molecule has 25 heavy (non-hydrogen) atoms. The van der Waals surface area contributed by atoms with Crippen LogP contribution in [0.25, 0.3) is 11.5 Å². The Morgan fingerprint density at radius 2 is 1.68 bits per heavy atom. The molecule has 0 aliphatic heterocycles. The minimum atomic E-state index is -4.35. The number of nitrogens with zero attached hydrogens (tertiary/aromatic N) is 2. The van der Waals surface area contributed by atoms with Gasteiger partial charge in [-0.3, -0.25) is 0 Å². The van der Waals surface area contributed by atoms with Crippen LogP contribution in [0.15, 0.2) is 57.4 Å². The van der Waals surface area contributed by atoms with Crippen molar-refractivity contribution in [1.82, 2.24) is 10.2 Å². The summed E-state index contributed by atoms with van der Waals surface area (Å²) in [5, 5.41) is 7.95. The van der Waals surface area contributed by atoms with Gasteiger partial charge in [-0.1, -0.05) is 30.3 Å². The summed E-state index contributed by atoms with van der Waals surface area (Å²) < 4.78 is 45.3. The molecule has 0 bridgehead atoms. The van der Waals surface area contributed by atoms with E-state index >= 15 is 0 Å². The first-order valence-corrected chi connectivity index (χ1v) is 9.20. The molecule has 0 radical (unpaired) electrons. The lowest BCUT2D eigenvalue weighted by Crippen LogP contribution is -2.08. The van der Waals surface area contributed by atoms with Crippen molar-refractivity contribution >= 4 is 27.7 Å². The van der Waals surface area contributed by atoms with Crippen molar-refractivity contribution in [1.29, 1.82) is 0 Å². The normalized spacial score (nSPS) is 11.7. The number of aromatic nitrogens is 2. The van der Waals surface area contributed by atoms with Crippen LogP contribution in [0.5, 0.6) is 0 Å². The Kier molecular flexibility index (Phi) is 5.48. The predicted molar refractivity (Wildman–Crippen MR) is 93.9 cm³/mol. The van der Waals surface area contributed by atoms with Gasteiger partial charge in [0.1, 0.15) is 0 Å². The standard InChI is InChI=1S/C17H12BrF3N2OS/c18-14-8-4-2-6-12(14)16-23-22-15(24-16)10-25-9-11-5-1-3-7-13(11)17(19,20)21/h1-8H,9-10H2. The summed E-state index contributed by atoms with van der Waals surface area (Å²) in [6, 6.07) is 13.0. The summed E-state index contributed by atoms with van der Waals surface area (Å²) in [4.78, 5) is 0. The maximum atomic E-state index is 13.0. The molecule has 1 heterocycles. The highest BCUT2D eigenvalue weighted by Gasteiger charge is 2.32. The summed E-state index contributed by atoms with van der Waals surface area (Å²) in [5.41, 5.74) is 0.404. The van der Waals surface area contributed by atoms with Crippen LogP contribution in [-0.2, 0) is 17.7 Å². The lowest BCUT2D eigenvalue weighted by atomic mass is 10.1. The molecule has 0 saturated heterocycles. The lowest BCUT2D eigenvalue weighted by Gasteiger charge is -2.11. The molecule has 0 saturated carbocycles. The number of thioether (sulfide) groups is 1. The molecular weight excluding hydrogens is 417 g/mol. The molecule has 0 fully saturated rings. The minimum Gasteiger partial charge on any atom is -0.420 e. The first-order valence-electron chi connectivity index (χ1n) is 7.25. The van der Waals surface area contributed by atoms with Crippen molar-refractivity contribution in [2.24, 2.45) is 0 Å². The van der Waals surface area contributed by atoms with Crippen LogP contribution in [0.2, 0.25) is 0 Å². The highest BCUT2D eigenvalue weighted by Crippen LogP contribution is 2.34. The zero-order valence-corrected chi connectivity index (χ0v) is 15.2. The van der Waals surface area contributed by atoms with Crippen molar-refractivity contribution < 1.29 is 17.6 Å². The maximum Gasteiger partial charge on any atom is 0.416 e. The van der Waals surface area contributed by atoms with Gasteiger partial charge in [-0.05, 0) is 39.7 Å². The number of halogens is 4. The largest absolute Gasteiger partial charge is 0.420 e. The molecule has 0 amide bonds. The van der Waals surface area contributed by atoms with Gasteiger partial charge in [0.25, 0.3) is 0 Å². The molecule has 0 aliphatic rings. The zero-order valence-electron chi connectivity index (χ0n) is 12.8. The average Bonchev–Trinajstić information content (AvgIpc) is 3.03. The van der Waals surface area contributed by atoms with E-state index in [2.05, 4.69) is 26.1 Å². The van der Waals surface area contributed by atoms with E-state index in [1.807, 2.05) is 24.3 Å². The number of alkyl halides is 3. The first kappa shape index (κ1) is 18.0. The van der Waals surface area contributed by atoms with Gasteiger partial charge < -0.3 is 4.42 Å². The Labute approximate surface area is 154 Å². The van der Waals surface area contributed by atoms with Gasteiger partial charge in [-0.25, -0.2) is 0 Å². The van der Waals surface area contributed by atoms with Gasteiger partial charge in [0.2, 0.25) is 11.8 Å². The molecule has 0 atom stereocenters.